The lowest BCUT2D eigenvalue weighted by atomic mass is 10.7. The average molecular weight is 348 g/mol. The molecule has 0 aromatic rings. The van der Waals surface area contributed by atoms with Gasteiger partial charge in [-0.1, -0.05) is 34.8 Å². The highest BCUT2D eigenvalue weighted by atomic mass is 35.6. The summed E-state index contributed by atoms with van der Waals surface area (Å²) < 4.78 is 25.8. The van der Waals surface area contributed by atoms with Crippen LogP contribution >= 0.6 is 54.0 Å². The van der Waals surface area contributed by atoms with E-state index in [2.05, 4.69) is 0 Å². The van der Waals surface area contributed by atoms with Crippen molar-refractivity contribution in [2.45, 2.75) is 23.5 Å². The Morgan fingerprint density at radius 2 is 1.65 bits per heavy atom. The highest BCUT2D eigenvalue weighted by Gasteiger charge is 2.49. The van der Waals surface area contributed by atoms with Crippen molar-refractivity contribution in [2.24, 2.45) is 0 Å². The quantitative estimate of drug-likeness (QED) is 0.487. The molecule has 0 amide bonds. The first-order chi connectivity index (χ1) is 7.81. The van der Waals surface area contributed by atoms with Crippen molar-refractivity contribution in [3.63, 3.8) is 0 Å². The van der Waals surface area contributed by atoms with Gasteiger partial charge in [-0.3, -0.25) is 4.57 Å². The van der Waals surface area contributed by atoms with E-state index in [-0.39, 0.29) is 25.7 Å². The molecule has 17 heavy (non-hydrogen) atoms. The van der Waals surface area contributed by atoms with E-state index < -0.39 is 17.2 Å². The van der Waals surface area contributed by atoms with E-state index in [0.717, 1.165) is 0 Å². The van der Waals surface area contributed by atoms with Gasteiger partial charge in [0.25, 0.3) is 0 Å². The second-order valence-corrected chi connectivity index (χ2v) is 7.64. The van der Waals surface area contributed by atoms with Crippen LogP contribution in [0.2, 0.25) is 0 Å². The van der Waals surface area contributed by atoms with E-state index in [0.29, 0.717) is 0 Å². The summed E-state index contributed by atoms with van der Waals surface area (Å²) in [4.78, 5) is 0. The SMILES string of the molecule is CCOP(=O)(OCC)C(OCCCl)C(Cl)(Cl)Cl. The highest BCUT2D eigenvalue weighted by molar-refractivity contribution is 7.55. The summed E-state index contributed by atoms with van der Waals surface area (Å²) in [7, 11) is -3.66. The number of halogens is 4. The van der Waals surface area contributed by atoms with Crippen molar-refractivity contribution in [3.05, 3.63) is 0 Å². The van der Waals surface area contributed by atoms with Crippen LogP contribution < -0.4 is 0 Å². The van der Waals surface area contributed by atoms with E-state index >= 15 is 0 Å². The monoisotopic (exact) mass is 346 g/mol. The zero-order valence-electron chi connectivity index (χ0n) is 9.50. The predicted molar refractivity (Wildman–Crippen MR) is 71.6 cm³/mol. The molecular formula is C8H15Cl4O4P. The molecule has 0 rings (SSSR count). The van der Waals surface area contributed by atoms with Crippen LogP contribution in [-0.4, -0.2) is 35.3 Å². The van der Waals surface area contributed by atoms with Gasteiger partial charge in [0, 0.05) is 5.88 Å². The van der Waals surface area contributed by atoms with Crippen LogP contribution in [0.25, 0.3) is 0 Å². The summed E-state index contributed by atoms with van der Waals surface area (Å²) in [6.45, 7) is 3.69. The summed E-state index contributed by atoms with van der Waals surface area (Å²) in [5.41, 5.74) is 0. The Morgan fingerprint density at radius 1 is 1.18 bits per heavy atom. The molecule has 0 N–H and O–H groups in total. The van der Waals surface area contributed by atoms with Crippen molar-refractivity contribution in [1.29, 1.82) is 0 Å². The number of alkyl halides is 4. The van der Waals surface area contributed by atoms with Crippen LogP contribution in [0.4, 0.5) is 0 Å². The van der Waals surface area contributed by atoms with Crippen molar-refractivity contribution in [3.8, 4) is 0 Å². The molecule has 0 aliphatic carbocycles. The van der Waals surface area contributed by atoms with Crippen LogP contribution in [0, 0.1) is 0 Å². The minimum atomic E-state index is -3.66. The van der Waals surface area contributed by atoms with E-state index in [9.17, 15) is 4.57 Å². The number of rotatable bonds is 8. The molecule has 4 nitrogen and oxygen atoms in total. The first kappa shape index (κ1) is 18.3. The van der Waals surface area contributed by atoms with Gasteiger partial charge in [-0.2, -0.15) is 0 Å². The molecule has 0 aromatic heterocycles. The van der Waals surface area contributed by atoms with E-state index in [1.807, 2.05) is 0 Å². The Morgan fingerprint density at radius 3 is 1.94 bits per heavy atom. The third-order valence-corrected chi connectivity index (χ3v) is 5.09. The van der Waals surface area contributed by atoms with Gasteiger partial charge in [0.1, 0.15) is 0 Å². The van der Waals surface area contributed by atoms with Crippen LogP contribution in [0.3, 0.4) is 0 Å². The second-order valence-electron chi connectivity index (χ2n) is 2.83. The number of hydrogen-bond acceptors (Lipinski definition) is 4. The normalized spacial score (nSPS) is 14.9. The molecule has 1 unspecified atom stereocenters. The maximum absolute atomic E-state index is 12.4. The zero-order valence-corrected chi connectivity index (χ0v) is 13.4. The molecular weight excluding hydrogens is 333 g/mol. The summed E-state index contributed by atoms with van der Waals surface area (Å²) in [6, 6.07) is 0. The Balaban J connectivity index is 5.00. The summed E-state index contributed by atoms with van der Waals surface area (Å²) in [6.07, 6.45) is 0. The first-order valence-corrected chi connectivity index (χ1v) is 8.23. The Labute approximate surface area is 121 Å². The van der Waals surface area contributed by atoms with E-state index in [1.165, 1.54) is 0 Å². The fourth-order valence-electron chi connectivity index (χ4n) is 1.05. The predicted octanol–water partition coefficient (Wildman–Crippen LogP) is 4.20. The highest BCUT2D eigenvalue weighted by Crippen LogP contribution is 2.60. The molecule has 0 radical (unpaired) electrons. The van der Waals surface area contributed by atoms with E-state index in [1.54, 1.807) is 13.8 Å². The molecule has 0 saturated carbocycles. The van der Waals surface area contributed by atoms with Gasteiger partial charge in [0.05, 0.1) is 19.8 Å². The van der Waals surface area contributed by atoms with Gasteiger partial charge in [-0.15, -0.1) is 11.6 Å². The second kappa shape index (κ2) is 8.44. The molecule has 0 spiro atoms. The van der Waals surface area contributed by atoms with Crippen LogP contribution in [0.1, 0.15) is 13.8 Å². The molecule has 104 valence electrons. The molecule has 0 bridgehead atoms. The largest absolute Gasteiger partial charge is 0.363 e. The summed E-state index contributed by atoms with van der Waals surface area (Å²) in [5.74, 6) is -1.13. The molecule has 0 saturated heterocycles. The smallest absolute Gasteiger partial charge is 0.360 e. The average Bonchev–Trinajstić information content (AvgIpc) is 2.16. The fraction of sp³-hybridized carbons (Fsp3) is 1.00. The molecule has 0 aromatic carbocycles. The Bertz CT molecular complexity index is 248. The van der Waals surface area contributed by atoms with Gasteiger partial charge < -0.3 is 13.8 Å². The standard InChI is InChI=1S/C8H15Cl4O4P/c1-3-15-17(13,16-4-2)7(8(10,11)12)14-6-5-9/h7H,3-6H2,1-2H3. The summed E-state index contributed by atoms with van der Waals surface area (Å²) >= 11 is 22.6. The number of ether oxygens (including phenoxy) is 1. The van der Waals surface area contributed by atoms with Crippen LogP contribution in [0.15, 0.2) is 0 Å². The van der Waals surface area contributed by atoms with E-state index in [4.69, 9.17) is 60.2 Å². The molecule has 1 atom stereocenters. The molecule has 0 fully saturated rings. The van der Waals surface area contributed by atoms with Crippen LogP contribution in [-0.2, 0) is 18.3 Å². The fourth-order valence-corrected chi connectivity index (χ4v) is 4.12. The lowest BCUT2D eigenvalue weighted by molar-refractivity contribution is 0.0816. The third-order valence-electron chi connectivity index (χ3n) is 1.54. The minimum absolute atomic E-state index is 0.0737. The van der Waals surface area contributed by atoms with Crippen molar-refractivity contribution >= 4 is 54.0 Å². The van der Waals surface area contributed by atoms with Gasteiger partial charge >= 0.3 is 7.60 Å². The van der Waals surface area contributed by atoms with Gasteiger partial charge in [0.15, 0.2) is 0 Å². The van der Waals surface area contributed by atoms with Crippen molar-refractivity contribution < 1.29 is 18.3 Å². The Kier molecular flexibility index (Phi) is 9.07. The lowest BCUT2D eigenvalue weighted by Gasteiger charge is -2.30. The lowest BCUT2D eigenvalue weighted by Crippen LogP contribution is -2.31. The summed E-state index contributed by atoms with van der Waals surface area (Å²) in [5, 5.41) is 0. The zero-order chi connectivity index (χ0) is 13.5. The Hall–Kier alpha value is 1.27. The molecule has 0 heterocycles. The van der Waals surface area contributed by atoms with Gasteiger partial charge in [0.2, 0.25) is 9.64 Å². The van der Waals surface area contributed by atoms with Crippen molar-refractivity contribution in [2.75, 3.05) is 25.7 Å². The van der Waals surface area contributed by atoms with Crippen molar-refractivity contribution in [1.82, 2.24) is 0 Å². The molecule has 0 aliphatic rings. The topological polar surface area (TPSA) is 44.8 Å². The van der Waals surface area contributed by atoms with Crippen LogP contribution in [0.5, 0.6) is 0 Å². The molecule has 9 heteroatoms. The van der Waals surface area contributed by atoms with Gasteiger partial charge in [-0.25, -0.2) is 0 Å². The maximum Gasteiger partial charge on any atom is 0.363 e. The first-order valence-electron chi connectivity index (χ1n) is 4.94. The van der Waals surface area contributed by atoms with Gasteiger partial charge in [-0.05, 0) is 13.8 Å². The third kappa shape index (κ3) is 6.31. The minimum Gasteiger partial charge on any atom is -0.360 e. The maximum atomic E-state index is 12.4. The molecule has 0 aliphatic heterocycles. The number of hydrogen-bond donors (Lipinski definition) is 0.